The van der Waals surface area contributed by atoms with Crippen molar-refractivity contribution in [1.29, 1.82) is 5.26 Å². The number of allylic oxidation sites excluding steroid dienone is 2. The van der Waals surface area contributed by atoms with Crippen molar-refractivity contribution in [2.45, 2.75) is 13.8 Å². The second-order valence-corrected chi connectivity index (χ2v) is 4.94. The van der Waals surface area contributed by atoms with E-state index in [1.807, 2.05) is 24.1 Å². The molecule has 0 aromatic heterocycles. The Kier molecular flexibility index (Phi) is 7.48. The molecular weight excluding hydrogens is 270 g/mol. The monoisotopic (exact) mass is 287 g/mol. The molecular formula is C11H17N3O4S. The molecule has 106 valence electrons. The molecule has 0 aromatic carbocycles. The third kappa shape index (κ3) is 7.96. The van der Waals surface area contributed by atoms with Crippen LogP contribution < -0.4 is 5.32 Å². The summed E-state index contributed by atoms with van der Waals surface area (Å²) < 4.78 is 29.4. The first-order valence-corrected chi connectivity index (χ1v) is 7.21. The molecule has 0 atom stereocenters. The van der Waals surface area contributed by atoms with Gasteiger partial charge in [-0.1, -0.05) is 0 Å². The molecule has 1 amide bonds. The van der Waals surface area contributed by atoms with E-state index >= 15 is 0 Å². The van der Waals surface area contributed by atoms with Crippen LogP contribution in [0.4, 0.5) is 0 Å². The lowest BCUT2D eigenvalue weighted by Gasteiger charge is -2.13. The lowest BCUT2D eigenvalue weighted by molar-refractivity contribution is -0.116. The van der Waals surface area contributed by atoms with Gasteiger partial charge in [0.05, 0.1) is 0 Å². The minimum atomic E-state index is -4.30. The van der Waals surface area contributed by atoms with Crippen LogP contribution in [0, 0.1) is 11.3 Å². The normalized spacial score (nSPS) is 12.2. The van der Waals surface area contributed by atoms with Gasteiger partial charge in [0, 0.05) is 13.1 Å². The van der Waals surface area contributed by atoms with E-state index in [9.17, 15) is 13.2 Å². The molecule has 0 fully saturated rings. The van der Waals surface area contributed by atoms with Crippen LogP contribution >= 0.6 is 0 Å². The quantitative estimate of drug-likeness (QED) is 0.300. The highest BCUT2D eigenvalue weighted by Gasteiger charge is 2.11. The van der Waals surface area contributed by atoms with Crippen LogP contribution in [0.1, 0.15) is 13.8 Å². The van der Waals surface area contributed by atoms with Crippen molar-refractivity contribution in [3.63, 3.8) is 0 Å². The van der Waals surface area contributed by atoms with Crippen molar-refractivity contribution < 1.29 is 17.8 Å². The Morgan fingerprint density at radius 1 is 1.42 bits per heavy atom. The first-order chi connectivity index (χ1) is 8.84. The standard InChI is InChI=1S/C11H17N3O4S/c1-3-14(4-2)7-5-6-10(8-12)11(15)13-9-19(16,17)18/h5-7H,3-4,9H2,1-2H3,(H,13,15)(H,16,17,18)/b7-5+,10-6+. The van der Waals surface area contributed by atoms with Crippen molar-refractivity contribution in [3.05, 3.63) is 23.9 Å². The van der Waals surface area contributed by atoms with Crippen molar-refractivity contribution >= 4 is 16.0 Å². The molecule has 0 unspecified atom stereocenters. The van der Waals surface area contributed by atoms with Gasteiger partial charge in [0.1, 0.15) is 17.5 Å². The molecule has 0 aliphatic heterocycles. The van der Waals surface area contributed by atoms with Crippen LogP contribution in [0.3, 0.4) is 0 Å². The molecule has 0 rings (SSSR count). The molecule has 7 nitrogen and oxygen atoms in total. The number of rotatable bonds is 7. The number of amides is 1. The fourth-order valence-corrected chi connectivity index (χ4v) is 1.42. The van der Waals surface area contributed by atoms with Gasteiger partial charge in [0.15, 0.2) is 0 Å². The number of nitrogens with zero attached hydrogens (tertiary/aromatic N) is 2. The van der Waals surface area contributed by atoms with Gasteiger partial charge < -0.3 is 10.2 Å². The fourth-order valence-electron chi connectivity index (χ4n) is 1.11. The van der Waals surface area contributed by atoms with E-state index in [4.69, 9.17) is 9.81 Å². The second kappa shape index (κ2) is 8.29. The summed E-state index contributed by atoms with van der Waals surface area (Å²) >= 11 is 0. The Labute approximate surface area is 113 Å². The van der Waals surface area contributed by atoms with Gasteiger partial charge in [-0.3, -0.25) is 9.35 Å². The fraction of sp³-hybridized carbons (Fsp3) is 0.455. The zero-order valence-corrected chi connectivity index (χ0v) is 11.6. The lowest BCUT2D eigenvalue weighted by Crippen LogP contribution is -2.30. The van der Waals surface area contributed by atoms with Crippen molar-refractivity contribution in [3.8, 4) is 6.07 Å². The summed E-state index contributed by atoms with van der Waals surface area (Å²) in [5, 5.41) is 10.7. The average molecular weight is 287 g/mol. The van der Waals surface area contributed by atoms with Gasteiger partial charge in [-0.2, -0.15) is 13.7 Å². The van der Waals surface area contributed by atoms with E-state index in [1.165, 1.54) is 12.2 Å². The van der Waals surface area contributed by atoms with E-state index in [-0.39, 0.29) is 5.57 Å². The molecule has 19 heavy (non-hydrogen) atoms. The SMILES string of the molecule is CCN(/C=C/C=C(\C#N)C(=O)NCS(=O)(=O)O)CC. The summed E-state index contributed by atoms with van der Waals surface area (Å²) in [6, 6.07) is 1.65. The molecule has 0 heterocycles. The molecule has 0 aliphatic carbocycles. The van der Waals surface area contributed by atoms with Gasteiger partial charge >= 0.3 is 0 Å². The average Bonchev–Trinajstić information content (AvgIpc) is 2.35. The Hall–Kier alpha value is -1.85. The van der Waals surface area contributed by atoms with Crippen molar-refractivity contribution in [2.75, 3.05) is 19.0 Å². The van der Waals surface area contributed by atoms with Crippen LogP contribution in [-0.2, 0) is 14.9 Å². The summed E-state index contributed by atoms with van der Waals surface area (Å²) in [5.74, 6) is -1.78. The number of carbonyl (C=O) groups is 1. The topological polar surface area (TPSA) is 111 Å². The predicted octanol–water partition coefficient (Wildman–Crippen LogP) is 0.253. The maximum absolute atomic E-state index is 11.4. The smallest absolute Gasteiger partial charge is 0.283 e. The molecule has 0 spiro atoms. The zero-order valence-electron chi connectivity index (χ0n) is 10.8. The molecule has 0 bridgehead atoms. The number of hydrogen-bond donors (Lipinski definition) is 2. The molecule has 0 saturated heterocycles. The summed E-state index contributed by atoms with van der Waals surface area (Å²) in [5.41, 5.74) is -0.243. The van der Waals surface area contributed by atoms with Gasteiger partial charge in [-0.05, 0) is 32.2 Å². The zero-order chi connectivity index (χ0) is 14.9. The van der Waals surface area contributed by atoms with E-state index in [1.54, 1.807) is 12.3 Å². The lowest BCUT2D eigenvalue weighted by atomic mass is 10.2. The maximum atomic E-state index is 11.4. The van der Waals surface area contributed by atoms with Gasteiger partial charge in [0.2, 0.25) is 0 Å². The first kappa shape index (κ1) is 17.2. The number of hydrogen-bond acceptors (Lipinski definition) is 5. The van der Waals surface area contributed by atoms with Crippen LogP contribution in [0.25, 0.3) is 0 Å². The highest BCUT2D eigenvalue weighted by atomic mass is 32.2. The predicted molar refractivity (Wildman–Crippen MR) is 70.3 cm³/mol. The Balaban J connectivity index is 4.66. The number of nitriles is 1. The van der Waals surface area contributed by atoms with Gasteiger partial charge in [-0.15, -0.1) is 0 Å². The summed E-state index contributed by atoms with van der Waals surface area (Å²) in [6.07, 6.45) is 4.52. The molecule has 0 aliphatic rings. The van der Waals surface area contributed by atoms with Gasteiger partial charge in [-0.25, -0.2) is 0 Å². The molecule has 0 aromatic rings. The highest BCUT2D eigenvalue weighted by molar-refractivity contribution is 7.85. The summed E-state index contributed by atoms with van der Waals surface area (Å²) in [4.78, 5) is 13.4. The molecule has 0 saturated carbocycles. The Morgan fingerprint density at radius 3 is 2.42 bits per heavy atom. The number of nitrogens with one attached hydrogen (secondary N) is 1. The van der Waals surface area contributed by atoms with E-state index in [0.717, 1.165) is 13.1 Å². The van der Waals surface area contributed by atoms with Crippen LogP contribution in [0.5, 0.6) is 0 Å². The summed E-state index contributed by atoms with van der Waals surface area (Å²) in [7, 11) is -4.30. The highest BCUT2D eigenvalue weighted by Crippen LogP contribution is 1.96. The van der Waals surface area contributed by atoms with Crippen molar-refractivity contribution in [1.82, 2.24) is 10.2 Å². The van der Waals surface area contributed by atoms with E-state index in [2.05, 4.69) is 0 Å². The van der Waals surface area contributed by atoms with Crippen LogP contribution in [-0.4, -0.2) is 42.7 Å². The maximum Gasteiger partial charge on any atom is 0.283 e. The summed E-state index contributed by atoms with van der Waals surface area (Å²) in [6.45, 7) is 5.50. The van der Waals surface area contributed by atoms with E-state index < -0.39 is 21.9 Å². The molecule has 0 radical (unpaired) electrons. The Bertz CT molecular complexity index is 499. The number of carbonyl (C=O) groups excluding carboxylic acids is 1. The van der Waals surface area contributed by atoms with Crippen LogP contribution in [0.15, 0.2) is 23.9 Å². The first-order valence-electron chi connectivity index (χ1n) is 5.60. The second-order valence-electron chi connectivity index (χ2n) is 3.49. The van der Waals surface area contributed by atoms with Crippen molar-refractivity contribution in [2.24, 2.45) is 0 Å². The van der Waals surface area contributed by atoms with E-state index in [0.29, 0.717) is 0 Å². The minimum absolute atomic E-state index is 0.243. The third-order valence-electron chi connectivity index (χ3n) is 2.15. The molecule has 2 N–H and O–H groups in total. The Morgan fingerprint density at radius 2 is 2.00 bits per heavy atom. The molecule has 8 heteroatoms. The van der Waals surface area contributed by atoms with Crippen LogP contribution in [0.2, 0.25) is 0 Å². The third-order valence-corrected chi connectivity index (χ3v) is 2.66. The van der Waals surface area contributed by atoms with Gasteiger partial charge in [0.25, 0.3) is 16.0 Å². The minimum Gasteiger partial charge on any atom is -0.378 e. The largest absolute Gasteiger partial charge is 0.378 e.